The van der Waals surface area contributed by atoms with Crippen molar-refractivity contribution in [1.29, 1.82) is 0 Å². The van der Waals surface area contributed by atoms with Crippen LogP contribution in [-0.2, 0) is 16.2 Å². The summed E-state index contributed by atoms with van der Waals surface area (Å²) in [6.45, 7) is 2.66. The highest BCUT2D eigenvalue weighted by molar-refractivity contribution is 5.86. The average molecular weight is 235 g/mol. The molecule has 0 spiro atoms. The first kappa shape index (κ1) is 13.4. The smallest absolute Gasteiger partial charge is 0.331 e. The summed E-state index contributed by atoms with van der Waals surface area (Å²) in [5.74, 6) is -0.877. The summed E-state index contributed by atoms with van der Waals surface area (Å²) in [6.07, 6.45) is 2.13. The zero-order chi connectivity index (χ0) is 12.5. The molecule has 0 bridgehead atoms. The summed E-state index contributed by atoms with van der Waals surface area (Å²) in [7, 11) is 0. The molecule has 0 saturated heterocycles. The zero-order valence-corrected chi connectivity index (χ0v) is 9.85. The van der Waals surface area contributed by atoms with Crippen molar-refractivity contribution in [2.45, 2.75) is 20.0 Å². The minimum absolute atomic E-state index is 0.390. The Morgan fingerprint density at radius 1 is 1.41 bits per heavy atom. The molecule has 4 heteroatoms. The monoisotopic (exact) mass is 235 g/mol. The highest BCUT2D eigenvalue weighted by atomic mass is 16.6. The average Bonchev–Trinajstić information content (AvgIpc) is 2.34. The molecule has 0 aliphatic heterocycles. The molecular weight excluding hydrogens is 218 g/mol. The number of rotatable bonds is 7. The second-order valence-corrected chi connectivity index (χ2v) is 3.51. The molecule has 17 heavy (non-hydrogen) atoms. The third kappa shape index (κ3) is 5.29. The molecular formula is C13H17NO3. The predicted molar refractivity (Wildman–Crippen MR) is 65.2 cm³/mol. The summed E-state index contributed by atoms with van der Waals surface area (Å²) in [5, 5.41) is 8.77. The Morgan fingerprint density at radius 3 is 2.71 bits per heavy atom. The SMILES string of the molecule is CC/C(=C/CNOCc1ccccc1)C(=O)O. The zero-order valence-electron chi connectivity index (χ0n) is 9.85. The van der Waals surface area contributed by atoms with Crippen LogP contribution in [0.5, 0.6) is 0 Å². The Balaban J connectivity index is 2.23. The number of nitrogens with one attached hydrogen (secondary N) is 1. The third-order valence-corrected chi connectivity index (χ3v) is 2.27. The summed E-state index contributed by atoms with van der Waals surface area (Å²) >= 11 is 0. The Hall–Kier alpha value is -1.65. The maximum Gasteiger partial charge on any atom is 0.331 e. The summed E-state index contributed by atoms with van der Waals surface area (Å²) in [5.41, 5.74) is 4.17. The number of carboxylic acid groups (broad SMARTS) is 1. The van der Waals surface area contributed by atoms with Crippen molar-refractivity contribution < 1.29 is 14.7 Å². The molecule has 2 N–H and O–H groups in total. The molecule has 0 heterocycles. The van der Waals surface area contributed by atoms with Crippen LogP contribution in [0, 0.1) is 0 Å². The van der Waals surface area contributed by atoms with Crippen LogP contribution in [0.3, 0.4) is 0 Å². The Labute approximate surface area is 101 Å². The lowest BCUT2D eigenvalue weighted by Gasteiger charge is -2.04. The van der Waals surface area contributed by atoms with Gasteiger partial charge in [-0.05, 0) is 12.0 Å². The van der Waals surface area contributed by atoms with Gasteiger partial charge in [0.25, 0.3) is 0 Å². The van der Waals surface area contributed by atoms with Crippen molar-refractivity contribution in [3.8, 4) is 0 Å². The standard InChI is InChI=1S/C13H17NO3/c1-2-12(13(15)16)8-9-14-17-10-11-6-4-3-5-7-11/h3-8,14H,2,9-10H2,1H3,(H,15,16)/b12-8-. The van der Waals surface area contributed by atoms with E-state index in [4.69, 9.17) is 9.94 Å². The summed E-state index contributed by atoms with van der Waals surface area (Å²) in [4.78, 5) is 15.9. The van der Waals surface area contributed by atoms with E-state index in [2.05, 4.69) is 5.48 Å². The normalized spacial score (nSPS) is 11.5. The van der Waals surface area contributed by atoms with Gasteiger partial charge in [-0.3, -0.25) is 4.84 Å². The Kier molecular flexibility index (Phi) is 5.99. The van der Waals surface area contributed by atoms with Crippen molar-refractivity contribution in [3.63, 3.8) is 0 Å². The fourth-order valence-corrected chi connectivity index (χ4v) is 1.32. The van der Waals surface area contributed by atoms with Crippen molar-refractivity contribution in [1.82, 2.24) is 5.48 Å². The van der Waals surface area contributed by atoms with Gasteiger partial charge in [0.15, 0.2) is 0 Å². The predicted octanol–water partition coefficient (Wildman–Crippen LogP) is 2.13. The lowest BCUT2D eigenvalue weighted by atomic mass is 10.2. The van der Waals surface area contributed by atoms with Gasteiger partial charge in [0.2, 0.25) is 0 Å². The van der Waals surface area contributed by atoms with Crippen molar-refractivity contribution in [2.75, 3.05) is 6.54 Å². The second kappa shape index (κ2) is 7.60. The molecule has 0 fully saturated rings. The summed E-state index contributed by atoms with van der Waals surface area (Å²) < 4.78 is 0. The van der Waals surface area contributed by atoms with Crippen LogP contribution < -0.4 is 5.48 Å². The molecule has 0 aromatic heterocycles. The minimum atomic E-state index is -0.877. The second-order valence-electron chi connectivity index (χ2n) is 3.51. The van der Waals surface area contributed by atoms with Gasteiger partial charge in [-0.2, -0.15) is 5.48 Å². The van der Waals surface area contributed by atoms with Crippen LogP contribution in [0.15, 0.2) is 42.0 Å². The minimum Gasteiger partial charge on any atom is -0.478 e. The van der Waals surface area contributed by atoms with E-state index >= 15 is 0 Å². The highest BCUT2D eigenvalue weighted by Crippen LogP contribution is 2.00. The molecule has 1 aromatic carbocycles. The molecule has 0 saturated carbocycles. The number of carbonyl (C=O) groups is 1. The fourth-order valence-electron chi connectivity index (χ4n) is 1.32. The Bertz CT molecular complexity index is 374. The molecule has 0 atom stereocenters. The van der Waals surface area contributed by atoms with Crippen molar-refractivity contribution >= 4 is 5.97 Å². The van der Waals surface area contributed by atoms with Crippen molar-refractivity contribution in [3.05, 3.63) is 47.5 Å². The maximum absolute atomic E-state index is 10.7. The van der Waals surface area contributed by atoms with Gasteiger partial charge < -0.3 is 5.11 Å². The Morgan fingerprint density at radius 2 is 2.12 bits per heavy atom. The van der Waals surface area contributed by atoms with Gasteiger partial charge in [-0.15, -0.1) is 0 Å². The van der Waals surface area contributed by atoms with E-state index in [-0.39, 0.29) is 0 Å². The van der Waals surface area contributed by atoms with E-state index < -0.39 is 5.97 Å². The van der Waals surface area contributed by atoms with Crippen LogP contribution in [0.1, 0.15) is 18.9 Å². The molecule has 1 rings (SSSR count). The third-order valence-electron chi connectivity index (χ3n) is 2.27. The molecule has 0 unspecified atom stereocenters. The molecule has 1 aromatic rings. The van der Waals surface area contributed by atoms with Crippen molar-refractivity contribution in [2.24, 2.45) is 0 Å². The van der Waals surface area contributed by atoms with Crippen LogP contribution in [0.2, 0.25) is 0 Å². The molecule has 92 valence electrons. The first-order valence-electron chi connectivity index (χ1n) is 5.55. The van der Waals surface area contributed by atoms with E-state index in [0.29, 0.717) is 25.1 Å². The first-order chi connectivity index (χ1) is 8.24. The quantitative estimate of drug-likeness (QED) is 0.432. The van der Waals surface area contributed by atoms with E-state index in [1.807, 2.05) is 37.3 Å². The molecule has 0 aliphatic carbocycles. The lowest BCUT2D eigenvalue weighted by molar-refractivity contribution is -0.132. The number of benzene rings is 1. The van der Waals surface area contributed by atoms with Gasteiger partial charge in [-0.25, -0.2) is 4.79 Å². The topological polar surface area (TPSA) is 58.6 Å². The first-order valence-corrected chi connectivity index (χ1v) is 5.55. The fraction of sp³-hybridized carbons (Fsp3) is 0.308. The number of hydroxylamine groups is 1. The lowest BCUT2D eigenvalue weighted by Crippen LogP contribution is -2.15. The van der Waals surface area contributed by atoms with E-state index in [0.717, 1.165) is 5.56 Å². The van der Waals surface area contributed by atoms with Gasteiger partial charge >= 0.3 is 5.97 Å². The van der Waals surface area contributed by atoms with Crippen LogP contribution >= 0.6 is 0 Å². The number of carboxylic acids is 1. The number of hydrogen-bond acceptors (Lipinski definition) is 3. The van der Waals surface area contributed by atoms with E-state index in [9.17, 15) is 4.79 Å². The molecule has 0 radical (unpaired) electrons. The maximum atomic E-state index is 10.7. The van der Waals surface area contributed by atoms with Gasteiger partial charge in [-0.1, -0.05) is 43.3 Å². The van der Waals surface area contributed by atoms with E-state index in [1.165, 1.54) is 0 Å². The van der Waals surface area contributed by atoms with Crippen LogP contribution in [-0.4, -0.2) is 17.6 Å². The highest BCUT2D eigenvalue weighted by Gasteiger charge is 2.02. The van der Waals surface area contributed by atoms with Crippen LogP contribution in [0.4, 0.5) is 0 Å². The van der Waals surface area contributed by atoms with Gasteiger partial charge in [0, 0.05) is 12.1 Å². The van der Waals surface area contributed by atoms with Gasteiger partial charge in [0.05, 0.1) is 6.61 Å². The van der Waals surface area contributed by atoms with Gasteiger partial charge in [0.1, 0.15) is 0 Å². The summed E-state index contributed by atoms with van der Waals surface area (Å²) in [6, 6.07) is 9.76. The van der Waals surface area contributed by atoms with E-state index in [1.54, 1.807) is 6.08 Å². The molecule has 0 aliphatic rings. The van der Waals surface area contributed by atoms with Crippen LogP contribution in [0.25, 0.3) is 0 Å². The molecule has 0 amide bonds. The molecule has 4 nitrogen and oxygen atoms in total. The number of hydrogen-bond donors (Lipinski definition) is 2. The largest absolute Gasteiger partial charge is 0.478 e. The number of aliphatic carboxylic acids is 1.